The maximum absolute atomic E-state index is 13.1. The molecular weight excluding hydrogens is 384 g/mol. The molecule has 0 radical (unpaired) electrons. The van der Waals surface area contributed by atoms with Crippen molar-refractivity contribution in [2.24, 2.45) is 0 Å². The molecule has 138 valence electrons. The molecule has 3 aromatic carbocycles. The number of sulfonamides is 1. The van der Waals surface area contributed by atoms with Crippen LogP contribution in [0.5, 0.6) is 0 Å². The van der Waals surface area contributed by atoms with E-state index in [0.717, 1.165) is 4.31 Å². The van der Waals surface area contributed by atoms with Gasteiger partial charge in [-0.3, -0.25) is 9.10 Å². The second-order valence-corrected chi connectivity index (χ2v) is 8.14. The Morgan fingerprint density at radius 2 is 1.48 bits per heavy atom. The molecule has 0 heterocycles. The summed E-state index contributed by atoms with van der Waals surface area (Å²) in [7, 11) is -2.46. The van der Waals surface area contributed by atoms with E-state index in [2.05, 4.69) is 5.32 Å². The van der Waals surface area contributed by atoms with Gasteiger partial charge in [0.2, 0.25) is 0 Å². The summed E-state index contributed by atoms with van der Waals surface area (Å²) in [5.41, 5.74) is 1.09. The Morgan fingerprint density at radius 3 is 2.15 bits per heavy atom. The minimum atomic E-state index is -3.92. The highest BCUT2D eigenvalue weighted by Gasteiger charge is 2.26. The first-order valence-corrected chi connectivity index (χ1v) is 9.91. The number of rotatable bonds is 5. The summed E-state index contributed by atoms with van der Waals surface area (Å²) >= 11 is 5.85. The Balaban J connectivity index is 1.95. The number of carbonyl (C=O) groups is 1. The van der Waals surface area contributed by atoms with Crippen LogP contribution >= 0.6 is 11.6 Å². The third kappa shape index (κ3) is 4.13. The Morgan fingerprint density at radius 1 is 0.889 bits per heavy atom. The van der Waals surface area contributed by atoms with Gasteiger partial charge in [0.1, 0.15) is 4.90 Å². The van der Waals surface area contributed by atoms with Crippen LogP contribution in [0.2, 0.25) is 5.02 Å². The van der Waals surface area contributed by atoms with Crippen LogP contribution in [0.1, 0.15) is 10.4 Å². The first-order chi connectivity index (χ1) is 12.9. The maximum atomic E-state index is 13.1. The first kappa shape index (κ1) is 18.9. The van der Waals surface area contributed by atoms with E-state index in [-0.39, 0.29) is 10.5 Å². The van der Waals surface area contributed by atoms with Gasteiger partial charge in [-0.05, 0) is 48.5 Å². The molecule has 0 aromatic heterocycles. The number of amides is 1. The van der Waals surface area contributed by atoms with Gasteiger partial charge in [0.15, 0.2) is 0 Å². The summed E-state index contributed by atoms with van der Waals surface area (Å²) in [6.45, 7) is 0. The van der Waals surface area contributed by atoms with Crippen molar-refractivity contribution >= 4 is 38.9 Å². The number of halogens is 1. The third-order valence-electron chi connectivity index (χ3n) is 3.99. The van der Waals surface area contributed by atoms with Crippen molar-refractivity contribution in [3.8, 4) is 0 Å². The molecule has 27 heavy (non-hydrogen) atoms. The number of anilines is 2. The number of carbonyl (C=O) groups excluding carboxylic acids is 1. The van der Waals surface area contributed by atoms with Crippen LogP contribution in [0.3, 0.4) is 0 Å². The van der Waals surface area contributed by atoms with Crippen molar-refractivity contribution in [3.05, 3.63) is 89.4 Å². The fraction of sp³-hybridized carbons (Fsp3) is 0.0500. The Hall–Kier alpha value is -2.83. The first-order valence-electron chi connectivity index (χ1n) is 8.09. The summed E-state index contributed by atoms with van der Waals surface area (Å²) in [6.07, 6.45) is 0. The summed E-state index contributed by atoms with van der Waals surface area (Å²) in [6, 6.07) is 21.4. The van der Waals surface area contributed by atoms with Crippen LogP contribution in [-0.2, 0) is 10.0 Å². The molecule has 0 aliphatic heterocycles. The van der Waals surface area contributed by atoms with Gasteiger partial charge in [-0.15, -0.1) is 0 Å². The number of para-hydroxylation sites is 1. The summed E-state index contributed by atoms with van der Waals surface area (Å²) < 4.78 is 27.3. The van der Waals surface area contributed by atoms with E-state index in [1.54, 1.807) is 66.7 Å². The minimum Gasteiger partial charge on any atom is -0.322 e. The van der Waals surface area contributed by atoms with Crippen molar-refractivity contribution in [1.29, 1.82) is 0 Å². The highest BCUT2D eigenvalue weighted by Crippen LogP contribution is 2.25. The molecule has 5 nitrogen and oxygen atoms in total. The summed E-state index contributed by atoms with van der Waals surface area (Å²) in [5, 5.41) is 3.24. The number of nitrogens with one attached hydrogen (secondary N) is 1. The van der Waals surface area contributed by atoms with Crippen molar-refractivity contribution in [2.45, 2.75) is 4.90 Å². The topological polar surface area (TPSA) is 66.5 Å². The van der Waals surface area contributed by atoms with Crippen molar-refractivity contribution in [2.75, 3.05) is 16.7 Å². The van der Waals surface area contributed by atoms with E-state index < -0.39 is 15.9 Å². The van der Waals surface area contributed by atoms with E-state index in [4.69, 9.17) is 11.6 Å². The molecule has 0 saturated heterocycles. The minimum absolute atomic E-state index is 0.0650. The number of nitrogens with zero attached hydrogens (tertiary/aromatic N) is 1. The fourth-order valence-corrected chi connectivity index (χ4v) is 4.04. The lowest BCUT2D eigenvalue weighted by Gasteiger charge is -2.21. The zero-order chi connectivity index (χ0) is 19.4. The van der Waals surface area contributed by atoms with Gasteiger partial charge in [0, 0.05) is 17.8 Å². The molecule has 0 atom stereocenters. The van der Waals surface area contributed by atoms with Crippen molar-refractivity contribution in [3.63, 3.8) is 0 Å². The van der Waals surface area contributed by atoms with Crippen LogP contribution in [0.4, 0.5) is 11.4 Å². The van der Waals surface area contributed by atoms with Crippen LogP contribution in [0.15, 0.2) is 83.8 Å². The SMILES string of the molecule is CN(c1ccccc1)S(=O)(=O)c1ccccc1C(=O)Nc1ccc(Cl)cc1. The van der Waals surface area contributed by atoms with Crippen molar-refractivity contribution < 1.29 is 13.2 Å². The van der Waals surface area contributed by atoms with Gasteiger partial charge in [0.05, 0.1) is 11.3 Å². The molecule has 0 unspecified atom stereocenters. The van der Waals surface area contributed by atoms with Crippen molar-refractivity contribution in [1.82, 2.24) is 0 Å². The van der Waals surface area contributed by atoms with E-state index in [0.29, 0.717) is 16.4 Å². The lowest BCUT2D eigenvalue weighted by Crippen LogP contribution is -2.28. The van der Waals surface area contributed by atoms with Crippen LogP contribution < -0.4 is 9.62 Å². The highest BCUT2D eigenvalue weighted by atomic mass is 35.5. The maximum Gasteiger partial charge on any atom is 0.264 e. The number of benzene rings is 3. The van der Waals surface area contributed by atoms with Gasteiger partial charge in [0.25, 0.3) is 15.9 Å². The third-order valence-corrected chi connectivity index (χ3v) is 6.09. The average molecular weight is 401 g/mol. The second-order valence-electron chi connectivity index (χ2n) is 5.77. The zero-order valence-electron chi connectivity index (χ0n) is 14.5. The second kappa shape index (κ2) is 7.82. The molecule has 1 amide bonds. The predicted molar refractivity (Wildman–Crippen MR) is 108 cm³/mol. The largest absolute Gasteiger partial charge is 0.322 e. The molecule has 3 rings (SSSR count). The van der Waals surface area contributed by atoms with E-state index in [1.165, 1.54) is 19.2 Å². The molecular formula is C20H17ClN2O3S. The van der Waals surface area contributed by atoms with Gasteiger partial charge < -0.3 is 5.32 Å². The standard InChI is InChI=1S/C20H17ClN2O3S/c1-23(17-7-3-2-4-8-17)27(25,26)19-10-6-5-9-18(19)20(24)22-16-13-11-15(21)12-14-16/h2-14H,1H3,(H,22,24). The number of hydrogen-bond acceptors (Lipinski definition) is 3. The smallest absolute Gasteiger partial charge is 0.264 e. The van der Waals surface area contributed by atoms with Crippen LogP contribution in [-0.4, -0.2) is 21.4 Å². The number of hydrogen-bond donors (Lipinski definition) is 1. The molecule has 0 bridgehead atoms. The predicted octanol–water partition coefficient (Wildman–Crippen LogP) is 4.42. The molecule has 0 saturated carbocycles. The van der Waals surface area contributed by atoms with Crippen LogP contribution in [0.25, 0.3) is 0 Å². The zero-order valence-corrected chi connectivity index (χ0v) is 16.0. The highest BCUT2D eigenvalue weighted by molar-refractivity contribution is 7.92. The monoisotopic (exact) mass is 400 g/mol. The Labute approximate surface area is 163 Å². The lowest BCUT2D eigenvalue weighted by atomic mass is 10.2. The molecule has 0 aliphatic carbocycles. The Bertz CT molecular complexity index is 1050. The van der Waals surface area contributed by atoms with Gasteiger partial charge >= 0.3 is 0 Å². The molecule has 7 heteroatoms. The van der Waals surface area contributed by atoms with E-state index in [1.807, 2.05) is 0 Å². The molecule has 0 aliphatic rings. The van der Waals surface area contributed by atoms with Gasteiger partial charge in [-0.2, -0.15) is 0 Å². The lowest BCUT2D eigenvalue weighted by molar-refractivity contribution is 0.102. The summed E-state index contributed by atoms with van der Waals surface area (Å²) in [5.74, 6) is -0.516. The van der Waals surface area contributed by atoms with E-state index in [9.17, 15) is 13.2 Å². The normalized spacial score (nSPS) is 11.0. The summed E-state index contributed by atoms with van der Waals surface area (Å²) in [4.78, 5) is 12.6. The molecule has 0 spiro atoms. The van der Waals surface area contributed by atoms with Crippen LogP contribution in [0, 0.1) is 0 Å². The average Bonchev–Trinajstić information content (AvgIpc) is 2.69. The van der Waals surface area contributed by atoms with E-state index >= 15 is 0 Å². The van der Waals surface area contributed by atoms with Gasteiger partial charge in [-0.1, -0.05) is 41.9 Å². The molecule has 1 N–H and O–H groups in total. The quantitative estimate of drug-likeness (QED) is 0.689. The molecule has 0 fully saturated rings. The fourth-order valence-electron chi connectivity index (χ4n) is 2.54. The Kier molecular flexibility index (Phi) is 5.48. The molecule has 3 aromatic rings. The van der Waals surface area contributed by atoms with Gasteiger partial charge in [-0.25, -0.2) is 8.42 Å².